The summed E-state index contributed by atoms with van der Waals surface area (Å²) in [5, 5.41) is 12.3. The van der Waals surface area contributed by atoms with Gasteiger partial charge in [0.2, 0.25) is 0 Å². The monoisotopic (exact) mass is 372 g/mol. The fourth-order valence-electron chi connectivity index (χ4n) is 2.08. The van der Waals surface area contributed by atoms with Crippen LogP contribution in [0.4, 0.5) is 0 Å². The molecule has 0 amide bonds. The van der Waals surface area contributed by atoms with Gasteiger partial charge in [-0.15, -0.1) is 15.7 Å². The van der Waals surface area contributed by atoms with Crippen molar-refractivity contribution in [1.29, 1.82) is 0 Å². The van der Waals surface area contributed by atoms with Crippen molar-refractivity contribution in [1.82, 2.24) is 0 Å². The van der Waals surface area contributed by atoms with E-state index in [1.54, 1.807) is 18.2 Å². The van der Waals surface area contributed by atoms with Crippen molar-refractivity contribution in [2.75, 3.05) is 0 Å². The molecule has 0 radical (unpaired) electrons. The summed E-state index contributed by atoms with van der Waals surface area (Å²) in [5.74, 6) is 0. The molecule has 0 atom stereocenters. The lowest BCUT2D eigenvalue weighted by molar-refractivity contribution is -0.432. The van der Waals surface area contributed by atoms with Crippen molar-refractivity contribution in [2.24, 2.45) is 0 Å². The second kappa shape index (κ2) is 6.17. The highest BCUT2D eigenvalue weighted by Gasteiger charge is 2.13. The minimum absolute atomic E-state index is 0.216. The van der Waals surface area contributed by atoms with Crippen molar-refractivity contribution < 1.29 is 27.6 Å². The molecule has 0 aliphatic heterocycles. The maximum absolute atomic E-state index is 12.5. The molecule has 0 bridgehead atoms. The third-order valence-electron chi connectivity index (χ3n) is 3.07. The van der Waals surface area contributed by atoms with Gasteiger partial charge in [0.1, 0.15) is 0 Å². The molecule has 0 spiro atoms. The first-order valence-corrected chi connectivity index (χ1v) is 9.03. The smallest absolute Gasteiger partial charge is 0.289 e. The van der Waals surface area contributed by atoms with E-state index in [2.05, 4.69) is 9.37 Å². The lowest BCUT2D eigenvalue weighted by Gasteiger charge is -2.04. The van der Waals surface area contributed by atoms with Gasteiger partial charge in [-0.2, -0.15) is 8.42 Å². The van der Waals surface area contributed by atoms with E-state index < -0.39 is 10.1 Å². The van der Waals surface area contributed by atoms with E-state index >= 15 is 0 Å². The fraction of sp³-hybridized carbons (Fsp3) is 0. The molecule has 1 heterocycles. The lowest BCUT2D eigenvalue weighted by Crippen LogP contribution is -2.04. The SMILES string of the molecule is O=c1c2ccc(SOOO)cc2sc2ccc(S(=O)(=O)O)cc12. The Labute approximate surface area is 137 Å². The number of rotatable bonds is 4. The van der Waals surface area contributed by atoms with Gasteiger partial charge in [-0.25, -0.2) is 5.26 Å². The molecule has 10 heteroatoms. The van der Waals surface area contributed by atoms with E-state index in [4.69, 9.17) is 9.81 Å². The lowest BCUT2D eigenvalue weighted by atomic mass is 10.2. The maximum Gasteiger partial charge on any atom is 0.294 e. The topological polar surface area (TPSA) is 110 Å². The molecular weight excluding hydrogens is 364 g/mol. The Kier molecular flexibility index (Phi) is 4.38. The number of hydrogen-bond donors (Lipinski definition) is 2. The van der Waals surface area contributed by atoms with E-state index in [1.807, 2.05) is 0 Å². The zero-order valence-electron chi connectivity index (χ0n) is 11.1. The minimum atomic E-state index is -4.37. The summed E-state index contributed by atoms with van der Waals surface area (Å²) in [4.78, 5) is 12.8. The summed E-state index contributed by atoms with van der Waals surface area (Å²) in [6.45, 7) is 0. The molecule has 0 aliphatic rings. The third kappa shape index (κ3) is 3.23. The maximum atomic E-state index is 12.5. The van der Waals surface area contributed by atoms with Crippen LogP contribution in [0.5, 0.6) is 0 Å². The summed E-state index contributed by atoms with van der Waals surface area (Å²) in [6, 6.07) is 8.71. The molecule has 23 heavy (non-hydrogen) atoms. The molecule has 0 saturated heterocycles. The van der Waals surface area contributed by atoms with Crippen molar-refractivity contribution in [3.63, 3.8) is 0 Å². The zero-order valence-corrected chi connectivity index (χ0v) is 13.6. The first kappa shape index (κ1) is 16.3. The van der Waals surface area contributed by atoms with Crippen molar-refractivity contribution in [2.45, 2.75) is 9.79 Å². The van der Waals surface area contributed by atoms with E-state index in [9.17, 15) is 13.2 Å². The Morgan fingerprint density at radius 3 is 2.52 bits per heavy atom. The van der Waals surface area contributed by atoms with Gasteiger partial charge in [0.05, 0.1) is 16.9 Å². The Bertz CT molecular complexity index is 1060. The molecule has 0 saturated carbocycles. The normalized spacial score (nSPS) is 12.1. The van der Waals surface area contributed by atoms with Crippen LogP contribution in [-0.2, 0) is 19.5 Å². The largest absolute Gasteiger partial charge is 0.294 e. The van der Waals surface area contributed by atoms with Crippen molar-refractivity contribution in [3.8, 4) is 0 Å². The Morgan fingerprint density at radius 1 is 1.04 bits per heavy atom. The molecule has 0 fully saturated rings. The van der Waals surface area contributed by atoms with Gasteiger partial charge >= 0.3 is 0 Å². The predicted molar refractivity (Wildman–Crippen MR) is 86.1 cm³/mol. The molecule has 120 valence electrons. The van der Waals surface area contributed by atoms with Crippen LogP contribution in [0, 0.1) is 0 Å². The van der Waals surface area contributed by atoms with Crippen LogP contribution in [-0.4, -0.2) is 18.2 Å². The Balaban J connectivity index is 2.24. The van der Waals surface area contributed by atoms with Gasteiger partial charge in [-0.05, 0) is 36.4 Å². The summed E-state index contributed by atoms with van der Waals surface area (Å²) < 4.78 is 37.1. The Morgan fingerprint density at radius 2 is 1.83 bits per heavy atom. The van der Waals surface area contributed by atoms with Gasteiger partial charge in [0.25, 0.3) is 10.1 Å². The average molecular weight is 372 g/mol. The highest BCUT2D eigenvalue weighted by Crippen LogP contribution is 2.30. The molecular formula is C13H8O7S3. The van der Waals surface area contributed by atoms with Gasteiger partial charge in [0, 0.05) is 25.1 Å². The quantitative estimate of drug-likeness (QED) is 0.236. The summed E-state index contributed by atoms with van der Waals surface area (Å²) in [5.41, 5.74) is -0.338. The molecule has 2 N–H and O–H groups in total. The van der Waals surface area contributed by atoms with Crippen LogP contribution in [0.3, 0.4) is 0 Å². The molecule has 2 aromatic carbocycles. The van der Waals surface area contributed by atoms with Crippen LogP contribution in [0.2, 0.25) is 0 Å². The molecule has 0 unspecified atom stereocenters. The summed E-state index contributed by atoms with van der Waals surface area (Å²) in [6.07, 6.45) is 0. The molecule has 0 aliphatic carbocycles. The molecule has 3 rings (SSSR count). The standard InChI is InChI=1S/C13H8O7S3/c14-13-9-3-1-7(22-20-19-15)5-12(9)21-11-4-2-8(6-10(11)13)23(16,17)18/h1-6,15H,(H,16,17,18). The van der Waals surface area contributed by atoms with E-state index in [0.29, 0.717) is 19.7 Å². The molecule has 1 aromatic heterocycles. The van der Waals surface area contributed by atoms with Crippen LogP contribution in [0.15, 0.2) is 51.0 Å². The summed E-state index contributed by atoms with van der Waals surface area (Å²) in [7, 11) is -4.37. The minimum Gasteiger partial charge on any atom is -0.289 e. The molecule has 7 nitrogen and oxygen atoms in total. The van der Waals surface area contributed by atoms with Crippen LogP contribution in [0.1, 0.15) is 0 Å². The first-order chi connectivity index (χ1) is 10.9. The summed E-state index contributed by atoms with van der Waals surface area (Å²) >= 11 is 2.06. The zero-order chi connectivity index (χ0) is 16.6. The van der Waals surface area contributed by atoms with Gasteiger partial charge in [0.15, 0.2) is 5.43 Å². The second-order valence-electron chi connectivity index (χ2n) is 4.45. The van der Waals surface area contributed by atoms with Gasteiger partial charge in [-0.3, -0.25) is 9.35 Å². The van der Waals surface area contributed by atoms with Crippen molar-refractivity contribution in [3.05, 3.63) is 46.6 Å². The number of fused-ring (bicyclic) bond motifs is 2. The number of benzene rings is 2. The van der Waals surface area contributed by atoms with Gasteiger partial charge < -0.3 is 0 Å². The second-order valence-corrected chi connectivity index (χ2v) is 7.73. The predicted octanol–water partition coefficient (Wildman–Crippen LogP) is 3.09. The van der Waals surface area contributed by atoms with E-state index in [0.717, 1.165) is 18.1 Å². The van der Waals surface area contributed by atoms with Crippen LogP contribution >= 0.6 is 23.4 Å². The van der Waals surface area contributed by atoms with Crippen LogP contribution < -0.4 is 5.43 Å². The first-order valence-electron chi connectivity index (χ1n) is 6.03. The highest BCUT2D eigenvalue weighted by molar-refractivity contribution is 7.94. The molecule has 3 aromatic rings. The fourth-order valence-corrected chi connectivity index (χ4v) is 4.15. The highest BCUT2D eigenvalue weighted by atomic mass is 32.2. The average Bonchev–Trinajstić information content (AvgIpc) is 2.51. The van der Waals surface area contributed by atoms with E-state index in [1.165, 1.54) is 23.5 Å². The Hall–Kier alpha value is -1.53. The van der Waals surface area contributed by atoms with Crippen LogP contribution in [0.25, 0.3) is 20.2 Å². The third-order valence-corrected chi connectivity index (χ3v) is 5.63. The van der Waals surface area contributed by atoms with Gasteiger partial charge in [-0.1, -0.05) is 5.04 Å². The van der Waals surface area contributed by atoms with Crippen molar-refractivity contribution >= 4 is 53.7 Å². The number of hydrogen-bond acceptors (Lipinski definition) is 8. The van der Waals surface area contributed by atoms with E-state index in [-0.39, 0.29) is 15.7 Å².